The Morgan fingerprint density at radius 2 is 1.78 bits per heavy atom. The molecular formula is C25H28ClN3O3. The topological polar surface area (TPSA) is 69.7 Å². The van der Waals surface area contributed by atoms with E-state index in [1.807, 2.05) is 54.3 Å². The molecule has 0 bridgehead atoms. The summed E-state index contributed by atoms with van der Waals surface area (Å²) in [5, 5.41) is 3.62. The SMILES string of the molecule is Cc1ccc(N2C[C@@H](C(=O)N3CCC(C(=O)NCc4cccc(Cl)c4)CC3)CC2=O)cc1. The average molecular weight is 454 g/mol. The van der Waals surface area contributed by atoms with E-state index in [0.717, 1.165) is 16.8 Å². The highest BCUT2D eigenvalue weighted by Gasteiger charge is 2.38. The van der Waals surface area contributed by atoms with Gasteiger partial charge in [-0.25, -0.2) is 0 Å². The Balaban J connectivity index is 1.26. The molecule has 0 radical (unpaired) electrons. The molecule has 7 heteroatoms. The van der Waals surface area contributed by atoms with Gasteiger partial charge in [-0.15, -0.1) is 0 Å². The van der Waals surface area contributed by atoms with E-state index < -0.39 is 0 Å². The van der Waals surface area contributed by atoms with Crippen LogP contribution in [0, 0.1) is 18.8 Å². The fourth-order valence-corrected chi connectivity index (χ4v) is 4.66. The Labute approximate surface area is 193 Å². The summed E-state index contributed by atoms with van der Waals surface area (Å²) in [7, 11) is 0. The number of hydrogen-bond acceptors (Lipinski definition) is 3. The van der Waals surface area contributed by atoms with E-state index in [4.69, 9.17) is 11.6 Å². The van der Waals surface area contributed by atoms with Crippen molar-refractivity contribution in [2.45, 2.75) is 32.7 Å². The number of carbonyl (C=O) groups excluding carboxylic acids is 3. The van der Waals surface area contributed by atoms with Crippen molar-refractivity contribution in [2.24, 2.45) is 11.8 Å². The molecule has 0 aromatic heterocycles. The van der Waals surface area contributed by atoms with E-state index in [0.29, 0.717) is 44.0 Å². The molecule has 32 heavy (non-hydrogen) atoms. The summed E-state index contributed by atoms with van der Waals surface area (Å²) in [5.41, 5.74) is 2.93. The zero-order valence-electron chi connectivity index (χ0n) is 18.2. The summed E-state index contributed by atoms with van der Waals surface area (Å²) in [6, 6.07) is 15.2. The van der Waals surface area contributed by atoms with E-state index in [2.05, 4.69) is 5.32 Å². The lowest BCUT2D eigenvalue weighted by Gasteiger charge is -2.33. The number of benzene rings is 2. The van der Waals surface area contributed by atoms with Gasteiger partial charge in [0.1, 0.15) is 0 Å². The Morgan fingerprint density at radius 3 is 2.47 bits per heavy atom. The molecular weight excluding hydrogens is 426 g/mol. The largest absolute Gasteiger partial charge is 0.352 e. The summed E-state index contributed by atoms with van der Waals surface area (Å²) in [6.07, 6.45) is 1.51. The number of anilines is 1. The van der Waals surface area contributed by atoms with Gasteiger partial charge in [-0.1, -0.05) is 41.4 Å². The van der Waals surface area contributed by atoms with E-state index in [1.54, 1.807) is 11.0 Å². The van der Waals surface area contributed by atoms with Gasteiger partial charge in [0.05, 0.1) is 5.92 Å². The predicted molar refractivity (Wildman–Crippen MR) is 124 cm³/mol. The summed E-state index contributed by atoms with van der Waals surface area (Å²) >= 11 is 5.99. The number of nitrogens with zero attached hydrogens (tertiary/aromatic N) is 2. The van der Waals surface area contributed by atoms with Crippen LogP contribution in [0.1, 0.15) is 30.4 Å². The Morgan fingerprint density at radius 1 is 1.06 bits per heavy atom. The third kappa shape index (κ3) is 5.13. The minimum absolute atomic E-state index is 0.0116. The molecule has 2 heterocycles. The number of halogens is 1. The first kappa shape index (κ1) is 22.3. The van der Waals surface area contributed by atoms with Crippen molar-refractivity contribution in [1.29, 1.82) is 0 Å². The fraction of sp³-hybridized carbons (Fsp3) is 0.400. The number of piperidine rings is 1. The van der Waals surface area contributed by atoms with Crippen LogP contribution in [-0.4, -0.2) is 42.3 Å². The minimum Gasteiger partial charge on any atom is -0.352 e. The highest BCUT2D eigenvalue weighted by atomic mass is 35.5. The summed E-state index contributed by atoms with van der Waals surface area (Å²) in [5.74, 6) is -0.406. The smallest absolute Gasteiger partial charge is 0.228 e. The first-order chi connectivity index (χ1) is 15.4. The van der Waals surface area contributed by atoms with Crippen molar-refractivity contribution in [3.63, 3.8) is 0 Å². The van der Waals surface area contributed by atoms with E-state index >= 15 is 0 Å². The molecule has 0 unspecified atom stereocenters. The van der Waals surface area contributed by atoms with Crippen molar-refractivity contribution < 1.29 is 14.4 Å². The van der Waals surface area contributed by atoms with Crippen LogP contribution in [-0.2, 0) is 20.9 Å². The van der Waals surface area contributed by atoms with Gasteiger partial charge >= 0.3 is 0 Å². The number of nitrogens with one attached hydrogen (secondary N) is 1. The van der Waals surface area contributed by atoms with Gasteiger partial charge in [0.2, 0.25) is 17.7 Å². The van der Waals surface area contributed by atoms with Crippen molar-refractivity contribution in [3.8, 4) is 0 Å². The van der Waals surface area contributed by atoms with Gasteiger partial charge in [0.15, 0.2) is 0 Å². The normalized spacial score (nSPS) is 19.3. The van der Waals surface area contributed by atoms with Crippen molar-refractivity contribution in [3.05, 3.63) is 64.7 Å². The third-order valence-corrected chi connectivity index (χ3v) is 6.59. The highest BCUT2D eigenvalue weighted by Crippen LogP contribution is 2.28. The van der Waals surface area contributed by atoms with Gasteiger partial charge in [0, 0.05) is 49.2 Å². The molecule has 1 atom stereocenters. The van der Waals surface area contributed by atoms with Crippen LogP contribution in [0.2, 0.25) is 5.02 Å². The molecule has 3 amide bonds. The molecule has 2 aromatic rings. The maximum atomic E-state index is 13.0. The maximum absolute atomic E-state index is 13.0. The Bertz CT molecular complexity index is 1000. The van der Waals surface area contributed by atoms with Crippen LogP contribution in [0.15, 0.2) is 48.5 Å². The second-order valence-electron chi connectivity index (χ2n) is 8.69. The van der Waals surface area contributed by atoms with Gasteiger partial charge in [-0.3, -0.25) is 14.4 Å². The Hall–Kier alpha value is -2.86. The second kappa shape index (κ2) is 9.74. The van der Waals surface area contributed by atoms with Crippen molar-refractivity contribution in [2.75, 3.05) is 24.5 Å². The minimum atomic E-state index is -0.322. The standard InChI is InChI=1S/C25H28ClN3O3/c1-17-5-7-22(8-6-17)29-16-20(14-23(29)30)25(32)28-11-9-19(10-12-28)24(31)27-15-18-3-2-4-21(26)13-18/h2-8,13,19-20H,9-12,14-16H2,1H3,(H,27,31)/t20-/m0/s1. The monoisotopic (exact) mass is 453 g/mol. The number of amides is 3. The van der Waals surface area contributed by atoms with Crippen molar-refractivity contribution in [1.82, 2.24) is 10.2 Å². The summed E-state index contributed by atoms with van der Waals surface area (Å²) < 4.78 is 0. The molecule has 0 saturated carbocycles. The maximum Gasteiger partial charge on any atom is 0.228 e. The molecule has 2 aliphatic heterocycles. The molecule has 6 nitrogen and oxygen atoms in total. The first-order valence-electron chi connectivity index (χ1n) is 11.1. The lowest BCUT2D eigenvalue weighted by atomic mass is 9.94. The zero-order chi connectivity index (χ0) is 22.7. The van der Waals surface area contributed by atoms with Gasteiger partial charge in [-0.2, -0.15) is 0 Å². The molecule has 4 rings (SSSR count). The highest BCUT2D eigenvalue weighted by molar-refractivity contribution is 6.30. The lowest BCUT2D eigenvalue weighted by Crippen LogP contribution is -2.45. The lowest BCUT2D eigenvalue weighted by molar-refractivity contribution is -0.139. The van der Waals surface area contributed by atoms with E-state index in [9.17, 15) is 14.4 Å². The molecule has 2 saturated heterocycles. The first-order valence-corrected chi connectivity index (χ1v) is 11.5. The number of rotatable bonds is 5. The van der Waals surface area contributed by atoms with E-state index in [-0.39, 0.29) is 36.0 Å². The Kier molecular flexibility index (Phi) is 6.80. The van der Waals surface area contributed by atoms with E-state index in [1.165, 1.54) is 0 Å². The number of likely N-dealkylation sites (tertiary alicyclic amines) is 1. The number of aryl methyl sites for hydroxylation is 1. The van der Waals surface area contributed by atoms with Crippen LogP contribution in [0.4, 0.5) is 5.69 Å². The average Bonchev–Trinajstić information content (AvgIpc) is 3.19. The summed E-state index contributed by atoms with van der Waals surface area (Å²) in [4.78, 5) is 41.6. The van der Waals surface area contributed by atoms with Gasteiger partial charge in [-0.05, 0) is 49.6 Å². The van der Waals surface area contributed by atoms with Crippen LogP contribution in [0.3, 0.4) is 0 Å². The molecule has 0 aliphatic carbocycles. The molecule has 1 N–H and O–H groups in total. The molecule has 0 spiro atoms. The van der Waals surface area contributed by atoms with Crippen LogP contribution < -0.4 is 10.2 Å². The number of hydrogen-bond donors (Lipinski definition) is 1. The molecule has 2 aliphatic rings. The zero-order valence-corrected chi connectivity index (χ0v) is 19.0. The van der Waals surface area contributed by atoms with Crippen LogP contribution in [0.5, 0.6) is 0 Å². The molecule has 2 aromatic carbocycles. The number of carbonyl (C=O) groups is 3. The summed E-state index contributed by atoms with van der Waals surface area (Å²) in [6.45, 7) is 3.95. The second-order valence-corrected chi connectivity index (χ2v) is 9.12. The van der Waals surface area contributed by atoms with Gasteiger partial charge < -0.3 is 15.1 Å². The predicted octanol–water partition coefficient (Wildman–Crippen LogP) is 3.56. The fourth-order valence-electron chi connectivity index (χ4n) is 4.45. The van der Waals surface area contributed by atoms with Crippen LogP contribution >= 0.6 is 11.6 Å². The molecule has 168 valence electrons. The van der Waals surface area contributed by atoms with Crippen LogP contribution in [0.25, 0.3) is 0 Å². The van der Waals surface area contributed by atoms with Gasteiger partial charge in [0.25, 0.3) is 0 Å². The van der Waals surface area contributed by atoms with Crippen molar-refractivity contribution >= 4 is 35.0 Å². The quantitative estimate of drug-likeness (QED) is 0.752. The molecule has 2 fully saturated rings. The third-order valence-electron chi connectivity index (χ3n) is 6.35.